The zero-order valence-corrected chi connectivity index (χ0v) is 15.8. The number of hydrogen-bond donors (Lipinski definition) is 2. The van der Waals surface area contributed by atoms with Crippen LogP contribution in [0.5, 0.6) is 0 Å². The molecule has 0 bridgehead atoms. The van der Waals surface area contributed by atoms with Crippen LogP contribution in [0.1, 0.15) is 58.8 Å². The standard InChI is InChI=1S/C22H30O4/c1-13-11-14-12-15(23)3-4-16(14)17-5-8-21(2)18(20(13)17)6-9-22(21,26)10-7-19(24)25/h7,10,12-13,16-18,20,26H,3-6,8-9,11H2,1-2H3,(H,24,25)/b10-7-/t13-,16+,17-,18+,20-,21+,22-/m1/s1. The first-order chi connectivity index (χ1) is 12.2. The summed E-state index contributed by atoms with van der Waals surface area (Å²) < 4.78 is 0. The highest BCUT2D eigenvalue weighted by molar-refractivity contribution is 5.91. The van der Waals surface area contributed by atoms with Gasteiger partial charge in [0.15, 0.2) is 5.78 Å². The molecule has 2 N–H and O–H groups in total. The molecule has 0 unspecified atom stereocenters. The number of rotatable bonds is 2. The molecule has 0 saturated heterocycles. The molecule has 0 heterocycles. The molecule has 26 heavy (non-hydrogen) atoms. The van der Waals surface area contributed by atoms with Gasteiger partial charge in [0.05, 0.1) is 5.60 Å². The molecule has 7 atom stereocenters. The molecular weight excluding hydrogens is 328 g/mol. The van der Waals surface area contributed by atoms with E-state index in [1.807, 2.05) is 6.08 Å². The van der Waals surface area contributed by atoms with Crippen molar-refractivity contribution in [3.05, 3.63) is 23.8 Å². The molecule has 0 amide bonds. The van der Waals surface area contributed by atoms with Crippen LogP contribution in [-0.4, -0.2) is 27.6 Å². The molecule has 3 fully saturated rings. The molecule has 4 rings (SSSR count). The Morgan fingerprint density at radius 2 is 2.04 bits per heavy atom. The average Bonchev–Trinajstić information content (AvgIpc) is 2.84. The fourth-order valence-electron chi connectivity index (χ4n) is 7.12. The van der Waals surface area contributed by atoms with Crippen molar-refractivity contribution in [2.24, 2.45) is 35.0 Å². The van der Waals surface area contributed by atoms with Gasteiger partial charge in [-0.15, -0.1) is 0 Å². The van der Waals surface area contributed by atoms with E-state index in [1.165, 1.54) is 5.57 Å². The maximum Gasteiger partial charge on any atom is 0.328 e. The molecule has 0 aliphatic heterocycles. The minimum absolute atomic E-state index is 0.250. The lowest BCUT2D eigenvalue weighted by Gasteiger charge is -2.57. The molecule has 0 aromatic carbocycles. The van der Waals surface area contributed by atoms with E-state index in [-0.39, 0.29) is 11.2 Å². The van der Waals surface area contributed by atoms with Crippen LogP contribution in [0.15, 0.2) is 23.8 Å². The second-order valence-corrected chi connectivity index (χ2v) is 9.45. The lowest BCUT2D eigenvalue weighted by atomic mass is 9.48. The minimum Gasteiger partial charge on any atom is -0.478 e. The average molecular weight is 358 g/mol. The summed E-state index contributed by atoms with van der Waals surface area (Å²) in [5.41, 5.74) is 0.108. The molecular formula is C22H30O4. The zero-order valence-electron chi connectivity index (χ0n) is 15.8. The van der Waals surface area contributed by atoms with Crippen LogP contribution in [0.4, 0.5) is 0 Å². The molecule has 0 aromatic heterocycles. The van der Waals surface area contributed by atoms with E-state index in [9.17, 15) is 14.7 Å². The summed E-state index contributed by atoms with van der Waals surface area (Å²) in [6, 6.07) is 0. The van der Waals surface area contributed by atoms with E-state index in [1.54, 1.807) is 6.08 Å². The summed E-state index contributed by atoms with van der Waals surface area (Å²) >= 11 is 0. The molecule has 0 radical (unpaired) electrons. The predicted molar refractivity (Wildman–Crippen MR) is 98.4 cm³/mol. The molecule has 0 spiro atoms. The van der Waals surface area contributed by atoms with E-state index >= 15 is 0 Å². The maximum absolute atomic E-state index is 11.9. The highest BCUT2D eigenvalue weighted by atomic mass is 16.4. The van der Waals surface area contributed by atoms with Crippen molar-refractivity contribution in [2.75, 3.05) is 0 Å². The number of aliphatic hydroxyl groups is 1. The summed E-state index contributed by atoms with van der Waals surface area (Å²) in [6.45, 7) is 4.49. The number of ketones is 1. The van der Waals surface area contributed by atoms with E-state index < -0.39 is 11.6 Å². The van der Waals surface area contributed by atoms with Crippen molar-refractivity contribution >= 4 is 11.8 Å². The summed E-state index contributed by atoms with van der Waals surface area (Å²) in [4.78, 5) is 22.9. The molecule has 4 nitrogen and oxygen atoms in total. The van der Waals surface area contributed by atoms with Gasteiger partial charge in [-0.1, -0.05) is 19.4 Å². The predicted octanol–water partition coefficient (Wildman–Crippen LogP) is 3.75. The molecule has 4 aliphatic rings. The molecule has 3 saturated carbocycles. The quantitative estimate of drug-likeness (QED) is 0.737. The van der Waals surface area contributed by atoms with Crippen molar-refractivity contribution in [3.63, 3.8) is 0 Å². The number of allylic oxidation sites excluding steroid dienone is 1. The summed E-state index contributed by atoms with van der Waals surface area (Å²) in [5, 5.41) is 20.3. The summed E-state index contributed by atoms with van der Waals surface area (Å²) in [5.74, 6) is 1.96. The minimum atomic E-state index is -1.01. The Bertz CT molecular complexity index is 692. The number of carbonyl (C=O) groups excluding carboxylic acids is 1. The summed E-state index contributed by atoms with van der Waals surface area (Å²) in [6.07, 6.45) is 10.9. The van der Waals surface area contributed by atoms with Crippen molar-refractivity contribution in [2.45, 2.75) is 64.4 Å². The number of fused-ring (bicyclic) bond motifs is 5. The van der Waals surface area contributed by atoms with Crippen LogP contribution in [0.25, 0.3) is 0 Å². The van der Waals surface area contributed by atoms with Crippen molar-refractivity contribution in [1.29, 1.82) is 0 Å². The largest absolute Gasteiger partial charge is 0.478 e. The zero-order chi connectivity index (χ0) is 18.7. The number of aliphatic carboxylic acids is 1. The second kappa shape index (κ2) is 6.05. The highest BCUT2D eigenvalue weighted by Crippen LogP contribution is 2.66. The Kier molecular flexibility index (Phi) is 4.18. The Labute approximate surface area is 155 Å². The van der Waals surface area contributed by atoms with E-state index in [0.29, 0.717) is 42.4 Å². The number of carboxylic acids is 1. The third kappa shape index (κ3) is 2.52. The monoisotopic (exact) mass is 358 g/mol. The van der Waals surface area contributed by atoms with E-state index in [4.69, 9.17) is 5.11 Å². The molecule has 4 heteroatoms. The number of carbonyl (C=O) groups is 2. The van der Waals surface area contributed by atoms with Gasteiger partial charge in [-0.3, -0.25) is 4.79 Å². The van der Waals surface area contributed by atoms with Crippen molar-refractivity contribution in [3.8, 4) is 0 Å². The fourth-order valence-corrected chi connectivity index (χ4v) is 7.12. The van der Waals surface area contributed by atoms with Crippen molar-refractivity contribution < 1.29 is 19.8 Å². The Hall–Kier alpha value is -1.42. The number of hydrogen-bond acceptors (Lipinski definition) is 3. The molecule has 4 aliphatic carbocycles. The maximum atomic E-state index is 11.9. The van der Waals surface area contributed by atoms with Crippen LogP contribution in [0, 0.1) is 35.0 Å². The fraction of sp³-hybridized carbons (Fsp3) is 0.727. The van der Waals surface area contributed by atoms with Crippen molar-refractivity contribution in [1.82, 2.24) is 0 Å². The summed E-state index contributed by atoms with van der Waals surface area (Å²) in [7, 11) is 0. The third-order valence-electron chi connectivity index (χ3n) is 8.36. The van der Waals surface area contributed by atoms with Gasteiger partial charge in [0.1, 0.15) is 0 Å². The van der Waals surface area contributed by atoms with Gasteiger partial charge in [-0.2, -0.15) is 0 Å². The highest BCUT2D eigenvalue weighted by Gasteiger charge is 2.62. The van der Waals surface area contributed by atoms with Gasteiger partial charge in [-0.25, -0.2) is 4.79 Å². The van der Waals surface area contributed by atoms with Gasteiger partial charge >= 0.3 is 5.97 Å². The normalized spacial score (nSPS) is 47.9. The van der Waals surface area contributed by atoms with Gasteiger partial charge in [-0.05, 0) is 80.3 Å². The Morgan fingerprint density at radius 1 is 1.27 bits per heavy atom. The number of carboxylic acid groups (broad SMARTS) is 1. The Balaban J connectivity index is 1.66. The Morgan fingerprint density at radius 3 is 2.77 bits per heavy atom. The van der Waals surface area contributed by atoms with E-state index in [2.05, 4.69) is 13.8 Å². The van der Waals surface area contributed by atoms with Crippen LogP contribution >= 0.6 is 0 Å². The first-order valence-corrected chi connectivity index (χ1v) is 10.1. The van der Waals surface area contributed by atoms with Crippen LogP contribution < -0.4 is 0 Å². The topological polar surface area (TPSA) is 74.6 Å². The smallest absolute Gasteiger partial charge is 0.328 e. The van der Waals surface area contributed by atoms with Gasteiger partial charge < -0.3 is 10.2 Å². The molecule has 0 aromatic rings. The first-order valence-electron chi connectivity index (χ1n) is 10.1. The third-order valence-corrected chi connectivity index (χ3v) is 8.36. The SMILES string of the molecule is C[C@@H]1CC2=CC(=O)CC[C@@H]2[C@H]2CC[C@@]3(C)[C@@H](CC[C@@]3(O)/C=C\C(=O)O)[C@@H]21. The van der Waals surface area contributed by atoms with E-state index in [0.717, 1.165) is 38.2 Å². The lowest BCUT2D eigenvalue weighted by Crippen LogP contribution is -2.53. The first kappa shape index (κ1) is 18.0. The second-order valence-electron chi connectivity index (χ2n) is 9.45. The van der Waals surface area contributed by atoms with Gasteiger partial charge in [0.2, 0.25) is 0 Å². The van der Waals surface area contributed by atoms with Gasteiger partial charge in [0, 0.05) is 17.9 Å². The van der Waals surface area contributed by atoms with Crippen LogP contribution in [0.3, 0.4) is 0 Å². The van der Waals surface area contributed by atoms with Crippen LogP contribution in [0.2, 0.25) is 0 Å². The molecule has 142 valence electrons. The lowest BCUT2D eigenvalue weighted by molar-refractivity contribution is -0.132. The van der Waals surface area contributed by atoms with Gasteiger partial charge in [0.25, 0.3) is 0 Å². The van der Waals surface area contributed by atoms with Crippen LogP contribution in [-0.2, 0) is 9.59 Å².